The molecule has 0 unspecified atom stereocenters. The van der Waals surface area contributed by atoms with Gasteiger partial charge in [-0.15, -0.1) is 0 Å². The van der Waals surface area contributed by atoms with Crippen LogP contribution in [0.15, 0.2) is 0 Å². The van der Waals surface area contributed by atoms with E-state index in [1.165, 1.54) is 0 Å². The van der Waals surface area contributed by atoms with Gasteiger partial charge in [-0.25, -0.2) is 0 Å². The number of nitrogens with one attached hydrogen (secondary N) is 1. The number of nitrogens with two attached hydrogens (primary N) is 1. The van der Waals surface area contributed by atoms with Gasteiger partial charge < -0.3 is 16.2 Å². The molecule has 1 aliphatic rings. The third-order valence-corrected chi connectivity index (χ3v) is 2.19. The van der Waals surface area contributed by atoms with Crippen molar-refractivity contribution in [1.29, 1.82) is 0 Å². The highest BCUT2D eigenvalue weighted by Gasteiger charge is 2.41. The molecule has 3 nitrogen and oxygen atoms in total. The summed E-state index contributed by atoms with van der Waals surface area (Å²) >= 11 is 0. The summed E-state index contributed by atoms with van der Waals surface area (Å²) in [6.07, 6.45) is -3.28. The summed E-state index contributed by atoms with van der Waals surface area (Å²) in [6.45, 7) is -0.921. The van der Waals surface area contributed by atoms with Crippen LogP contribution in [0.2, 0.25) is 0 Å². The lowest BCUT2D eigenvalue weighted by Crippen LogP contribution is -2.56. The van der Waals surface area contributed by atoms with Gasteiger partial charge >= 0.3 is 6.18 Å². The zero-order chi connectivity index (χ0) is 10.1. The summed E-state index contributed by atoms with van der Waals surface area (Å²) in [4.78, 5) is 0. The molecule has 0 spiro atoms. The molecule has 1 aliphatic carbocycles. The standard InChI is InChI=1S/C7H13F3N2O/c8-7(9,10)6(3-13)12-5-1-4(11)2-5/h4-6,12-13H,1-3,11H2/t4-,5+,6-/m1/s1. The van der Waals surface area contributed by atoms with E-state index in [-0.39, 0.29) is 12.1 Å². The molecule has 0 saturated heterocycles. The van der Waals surface area contributed by atoms with Crippen LogP contribution in [-0.4, -0.2) is 36.0 Å². The number of hydrogen-bond donors (Lipinski definition) is 3. The molecule has 4 N–H and O–H groups in total. The Morgan fingerprint density at radius 3 is 2.31 bits per heavy atom. The summed E-state index contributed by atoms with van der Waals surface area (Å²) in [5.74, 6) is 0. The monoisotopic (exact) mass is 198 g/mol. The lowest BCUT2D eigenvalue weighted by molar-refractivity contribution is -0.167. The van der Waals surface area contributed by atoms with Gasteiger partial charge in [0.1, 0.15) is 6.04 Å². The topological polar surface area (TPSA) is 58.3 Å². The molecular weight excluding hydrogens is 185 g/mol. The number of hydrogen-bond acceptors (Lipinski definition) is 3. The third kappa shape index (κ3) is 2.82. The van der Waals surface area contributed by atoms with Gasteiger partial charge in [-0.2, -0.15) is 13.2 Å². The normalized spacial score (nSPS) is 31.2. The minimum atomic E-state index is -4.38. The predicted molar refractivity (Wildman–Crippen MR) is 41.1 cm³/mol. The lowest BCUT2D eigenvalue weighted by atomic mass is 9.87. The van der Waals surface area contributed by atoms with Crippen molar-refractivity contribution in [1.82, 2.24) is 5.32 Å². The van der Waals surface area contributed by atoms with Crippen LogP contribution in [0.4, 0.5) is 13.2 Å². The third-order valence-electron chi connectivity index (χ3n) is 2.19. The van der Waals surface area contributed by atoms with Gasteiger partial charge in [0, 0.05) is 12.1 Å². The smallest absolute Gasteiger partial charge is 0.394 e. The second kappa shape index (κ2) is 3.81. The number of alkyl halides is 3. The van der Waals surface area contributed by atoms with Crippen LogP contribution in [0.25, 0.3) is 0 Å². The first-order valence-corrected chi connectivity index (χ1v) is 4.12. The maximum absolute atomic E-state index is 12.1. The minimum Gasteiger partial charge on any atom is -0.394 e. The van der Waals surface area contributed by atoms with Gasteiger partial charge in [-0.1, -0.05) is 0 Å². The van der Waals surface area contributed by atoms with Crippen LogP contribution in [0.3, 0.4) is 0 Å². The second-order valence-electron chi connectivity index (χ2n) is 3.37. The van der Waals surface area contributed by atoms with E-state index in [2.05, 4.69) is 5.32 Å². The molecule has 1 rings (SSSR count). The molecule has 13 heavy (non-hydrogen) atoms. The average Bonchev–Trinajstić information content (AvgIpc) is 1.93. The molecule has 0 aliphatic heterocycles. The van der Waals surface area contributed by atoms with E-state index < -0.39 is 18.8 Å². The Hall–Kier alpha value is -0.330. The molecule has 0 bridgehead atoms. The maximum Gasteiger partial charge on any atom is 0.406 e. The molecule has 0 aromatic carbocycles. The van der Waals surface area contributed by atoms with E-state index in [0.717, 1.165) is 0 Å². The van der Waals surface area contributed by atoms with Crippen LogP contribution in [-0.2, 0) is 0 Å². The molecule has 1 atom stereocenters. The van der Waals surface area contributed by atoms with Crippen molar-refractivity contribution in [3.63, 3.8) is 0 Å². The van der Waals surface area contributed by atoms with E-state index in [1.807, 2.05) is 0 Å². The molecule has 0 amide bonds. The largest absolute Gasteiger partial charge is 0.406 e. The van der Waals surface area contributed by atoms with E-state index >= 15 is 0 Å². The fourth-order valence-electron chi connectivity index (χ4n) is 1.33. The van der Waals surface area contributed by atoms with Crippen LogP contribution in [0.5, 0.6) is 0 Å². The van der Waals surface area contributed by atoms with Crippen LogP contribution in [0.1, 0.15) is 12.8 Å². The predicted octanol–water partition coefficient (Wildman–Crippen LogP) is -0.0111. The lowest BCUT2D eigenvalue weighted by Gasteiger charge is -2.36. The zero-order valence-corrected chi connectivity index (χ0v) is 7.01. The van der Waals surface area contributed by atoms with Gasteiger partial charge in [0.2, 0.25) is 0 Å². The van der Waals surface area contributed by atoms with Crippen molar-refractivity contribution < 1.29 is 18.3 Å². The van der Waals surface area contributed by atoms with Crippen molar-refractivity contribution in [2.75, 3.05) is 6.61 Å². The highest BCUT2D eigenvalue weighted by atomic mass is 19.4. The molecule has 0 radical (unpaired) electrons. The summed E-state index contributed by atoms with van der Waals surface area (Å²) in [5.41, 5.74) is 5.41. The first kappa shape index (κ1) is 10.7. The van der Waals surface area contributed by atoms with E-state index in [9.17, 15) is 13.2 Å². The average molecular weight is 198 g/mol. The van der Waals surface area contributed by atoms with E-state index in [0.29, 0.717) is 12.8 Å². The molecule has 78 valence electrons. The van der Waals surface area contributed by atoms with Crippen LogP contribution in [0, 0.1) is 0 Å². The molecule has 1 saturated carbocycles. The Morgan fingerprint density at radius 2 is 2.00 bits per heavy atom. The first-order chi connectivity index (χ1) is 5.93. The van der Waals surface area contributed by atoms with E-state index in [4.69, 9.17) is 10.8 Å². The Labute approximate surface area is 74.1 Å². The number of rotatable bonds is 3. The maximum atomic E-state index is 12.1. The molecule has 1 fully saturated rings. The number of aliphatic hydroxyl groups excluding tert-OH is 1. The fraction of sp³-hybridized carbons (Fsp3) is 1.00. The van der Waals surface area contributed by atoms with Gasteiger partial charge in [0.05, 0.1) is 6.61 Å². The quantitative estimate of drug-likeness (QED) is 0.597. The highest BCUT2D eigenvalue weighted by molar-refractivity contribution is 4.91. The van der Waals surface area contributed by atoms with Crippen molar-refractivity contribution >= 4 is 0 Å². The molecule has 0 aromatic rings. The van der Waals surface area contributed by atoms with Crippen molar-refractivity contribution in [2.24, 2.45) is 5.73 Å². The van der Waals surface area contributed by atoms with E-state index in [1.54, 1.807) is 0 Å². The Balaban J connectivity index is 2.33. The number of aliphatic hydroxyl groups is 1. The van der Waals surface area contributed by atoms with Crippen molar-refractivity contribution in [2.45, 2.75) is 37.1 Å². The first-order valence-electron chi connectivity index (χ1n) is 4.12. The van der Waals surface area contributed by atoms with Gasteiger partial charge in [0.25, 0.3) is 0 Å². The number of halogens is 3. The van der Waals surface area contributed by atoms with Crippen LogP contribution < -0.4 is 11.1 Å². The second-order valence-corrected chi connectivity index (χ2v) is 3.37. The molecule has 6 heteroatoms. The SMILES string of the molecule is N[C@H]1C[C@@H](N[C@H](CO)C(F)(F)F)C1. The van der Waals surface area contributed by atoms with Gasteiger partial charge in [0.15, 0.2) is 0 Å². The van der Waals surface area contributed by atoms with Gasteiger partial charge in [-0.05, 0) is 12.8 Å². The summed E-state index contributed by atoms with van der Waals surface area (Å²) in [7, 11) is 0. The summed E-state index contributed by atoms with van der Waals surface area (Å²) in [5, 5.41) is 10.8. The Kier molecular flexibility index (Phi) is 3.15. The van der Waals surface area contributed by atoms with Crippen molar-refractivity contribution in [3.8, 4) is 0 Å². The Bertz CT molecular complexity index is 168. The molecular formula is C7H13F3N2O. The molecule has 0 heterocycles. The highest BCUT2D eigenvalue weighted by Crippen LogP contribution is 2.24. The minimum absolute atomic E-state index is 0.00470. The zero-order valence-electron chi connectivity index (χ0n) is 7.01. The summed E-state index contributed by atoms with van der Waals surface area (Å²) < 4.78 is 36.3. The summed E-state index contributed by atoms with van der Waals surface area (Å²) in [6, 6.07) is -2.01. The van der Waals surface area contributed by atoms with Crippen molar-refractivity contribution in [3.05, 3.63) is 0 Å². The fourth-order valence-corrected chi connectivity index (χ4v) is 1.33. The molecule has 0 aromatic heterocycles. The van der Waals surface area contributed by atoms with Crippen LogP contribution >= 0.6 is 0 Å². The Morgan fingerprint density at radius 1 is 1.46 bits per heavy atom. The van der Waals surface area contributed by atoms with Gasteiger partial charge in [-0.3, -0.25) is 0 Å².